The zero-order chi connectivity index (χ0) is 35.5. The Morgan fingerprint density at radius 1 is 1.12 bits per heavy atom. The largest absolute Gasteiger partial charge is 0.483 e. The normalized spacial score (nSPS) is 20.7. The average molecular weight is 701 g/mol. The molecule has 2 fully saturated rings. The lowest BCUT2D eigenvalue weighted by atomic mass is 9.68. The molecular weight excluding hydrogens is 660 g/mol. The fourth-order valence-electron chi connectivity index (χ4n) is 6.37. The molecule has 3 aromatic carbocycles. The average Bonchev–Trinajstić information content (AvgIpc) is 3.85. The van der Waals surface area contributed by atoms with Gasteiger partial charge in [0, 0.05) is 37.2 Å². The monoisotopic (exact) mass is 700 g/mol. The van der Waals surface area contributed by atoms with Gasteiger partial charge in [0.05, 0.1) is 28.4 Å². The molecule has 0 spiro atoms. The minimum Gasteiger partial charge on any atom is -0.483 e. The third kappa shape index (κ3) is 8.74. The quantitative estimate of drug-likeness (QED) is 0.103. The van der Waals surface area contributed by atoms with Crippen molar-refractivity contribution in [1.82, 2.24) is 9.55 Å². The molecule has 2 saturated carbocycles. The molecule has 6 rings (SSSR count). The number of alkyl halides is 3. The Hall–Kier alpha value is -4.10. The molecule has 1 heterocycles. The lowest BCUT2D eigenvalue weighted by Gasteiger charge is -2.40. The number of carboxylic acid groups (broad SMARTS) is 1. The number of imidazole rings is 1. The molecule has 0 radical (unpaired) electrons. The van der Waals surface area contributed by atoms with Gasteiger partial charge in [-0.1, -0.05) is 19.1 Å². The minimum atomic E-state index is -4.67. The highest BCUT2D eigenvalue weighted by molar-refractivity contribution is 8.00. The standard InChI is InChI=1S/C35H38F4N4O2S.CH2O2/c1-20-28(23-7-10-25(11-8-23)43(4)46-27-12-14-33-32(18-27)40-21(2)42(33)3)16-26(45-19-22-5-6-22)17-29(20)34(44)41-31-13-9-24(15-30(31)36)35(37,38)39;2-1-3/h7-15,18,20,22,26,28-29H,5-6,16-17,19H2,1-4H3,(H,41,44);1H,(H,2,3)/t20-,26?,28?,29?;/m1./s1. The number of benzene rings is 3. The number of aryl methyl sites for hydroxylation is 2. The lowest BCUT2D eigenvalue weighted by molar-refractivity contribution is -0.137. The topological polar surface area (TPSA) is 96.7 Å². The molecule has 0 saturated heterocycles. The van der Waals surface area contributed by atoms with E-state index in [9.17, 15) is 22.4 Å². The first-order valence-electron chi connectivity index (χ1n) is 16.1. The maximum atomic E-state index is 14.6. The molecule has 8 nitrogen and oxygen atoms in total. The summed E-state index contributed by atoms with van der Waals surface area (Å²) in [5.74, 6) is -0.614. The number of nitrogens with one attached hydrogen (secondary N) is 1. The molecule has 2 aliphatic rings. The zero-order valence-electron chi connectivity index (χ0n) is 27.7. The highest BCUT2D eigenvalue weighted by Gasteiger charge is 2.41. The van der Waals surface area contributed by atoms with Crippen LogP contribution in [0.1, 0.15) is 55.5 Å². The Morgan fingerprint density at radius 3 is 2.45 bits per heavy atom. The van der Waals surface area contributed by atoms with Crippen LogP contribution in [0.2, 0.25) is 0 Å². The number of anilines is 2. The lowest BCUT2D eigenvalue weighted by Crippen LogP contribution is -2.40. The van der Waals surface area contributed by atoms with Crippen molar-refractivity contribution in [2.75, 3.05) is 23.3 Å². The number of nitrogens with zero attached hydrogens (tertiary/aromatic N) is 3. The molecular formula is C36H40F4N4O4S. The molecule has 2 N–H and O–H groups in total. The molecule has 13 heteroatoms. The van der Waals surface area contributed by atoms with E-state index in [2.05, 4.69) is 61.6 Å². The van der Waals surface area contributed by atoms with E-state index in [1.807, 2.05) is 27.9 Å². The van der Waals surface area contributed by atoms with Gasteiger partial charge >= 0.3 is 6.18 Å². The summed E-state index contributed by atoms with van der Waals surface area (Å²) in [4.78, 5) is 27.6. The van der Waals surface area contributed by atoms with Crippen molar-refractivity contribution in [1.29, 1.82) is 0 Å². The van der Waals surface area contributed by atoms with Crippen LogP contribution in [-0.4, -0.2) is 46.8 Å². The third-order valence-electron chi connectivity index (χ3n) is 9.46. The highest BCUT2D eigenvalue weighted by Crippen LogP contribution is 2.44. The van der Waals surface area contributed by atoms with Crippen molar-refractivity contribution in [3.63, 3.8) is 0 Å². The van der Waals surface area contributed by atoms with Gasteiger partial charge in [-0.2, -0.15) is 13.2 Å². The van der Waals surface area contributed by atoms with Gasteiger partial charge in [0.25, 0.3) is 6.47 Å². The third-order valence-corrected chi connectivity index (χ3v) is 10.4. The maximum absolute atomic E-state index is 14.6. The van der Waals surface area contributed by atoms with Crippen LogP contribution in [0.25, 0.3) is 11.0 Å². The van der Waals surface area contributed by atoms with Crippen molar-refractivity contribution >= 4 is 46.7 Å². The first-order chi connectivity index (χ1) is 23.3. The number of fused-ring (bicyclic) bond motifs is 1. The van der Waals surface area contributed by atoms with Crippen LogP contribution >= 0.6 is 11.9 Å². The second-order valence-electron chi connectivity index (χ2n) is 12.8. The van der Waals surface area contributed by atoms with Gasteiger partial charge in [0.2, 0.25) is 5.91 Å². The van der Waals surface area contributed by atoms with Crippen molar-refractivity contribution in [3.8, 4) is 0 Å². The number of aromatic nitrogens is 2. The number of hydrogen-bond donors (Lipinski definition) is 2. The Kier molecular flexibility index (Phi) is 11.2. The Bertz CT molecular complexity index is 1780. The van der Waals surface area contributed by atoms with Gasteiger partial charge in [0.1, 0.15) is 11.6 Å². The van der Waals surface area contributed by atoms with Crippen molar-refractivity contribution in [2.45, 2.75) is 62.6 Å². The van der Waals surface area contributed by atoms with Gasteiger partial charge < -0.3 is 24.0 Å². The summed E-state index contributed by atoms with van der Waals surface area (Å²) in [5, 5.41) is 9.46. The van der Waals surface area contributed by atoms with E-state index in [1.165, 1.54) is 0 Å². The zero-order valence-corrected chi connectivity index (χ0v) is 28.5. The molecule has 4 atom stereocenters. The van der Waals surface area contributed by atoms with E-state index in [1.54, 1.807) is 11.9 Å². The first kappa shape index (κ1) is 36.2. The van der Waals surface area contributed by atoms with E-state index in [0.29, 0.717) is 25.0 Å². The molecule has 0 bridgehead atoms. The summed E-state index contributed by atoms with van der Waals surface area (Å²) in [6.07, 6.45) is -1.32. The molecule has 0 aliphatic heterocycles. The minimum absolute atomic E-state index is 0.00738. The van der Waals surface area contributed by atoms with Crippen LogP contribution in [0.5, 0.6) is 0 Å². The maximum Gasteiger partial charge on any atom is 0.416 e. The highest BCUT2D eigenvalue weighted by atomic mass is 32.2. The summed E-state index contributed by atoms with van der Waals surface area (Å²) in [5.41, 5.74) is 2.79. The Balaban J connectivity index is 0.00000151. The van der Waals surface area contributed by atoms with Crippen molar-refractivity contribution in [2.24, 2.45) is 24.8 Å². The molecule has 1 aromatic heterocycles. The number of rotatable bonds is 9. The van der Waals surface area contributed by atoms with E-state index in [4.69, 9.17) is 14.6 Å². The Labute approximate surface area is 287 Å². The van der Waals surface area contributed by atoms with E-state index >= 15 is 0 Å². The number of halogens is 4. The number of ether oxygens (including phenoxy) is 1. The first-order valence-corrected chi connectivity index (χ1v) is 16.9. The predicted molar refractivity (Wildman–Crippen MR) is 182 cm³/mol. The second-order valence-corrected chi connectivity index (χ2v) is 14.0. The van der Waals surface area contributed by atoms with Gasteiger partial charge in [-0.3, -0.25) is 9.59 Å². The number of hydrogen-bond acceptors (Lipinski definition) is 6. The van der Waals surface area contributed by atoms with Gasteiger partial charge in [-0.15, -0.1) is 0 Å². The van der Waals surface area contributed by atoms with Crippen LogP contribution in [-0.2, 0) is 27.5 Å². The van der Waals surface area contributed by atoms with Crippen LogP contribution < -0.4 is 9.62 Å². The van der Waals surface area contributed by atoms with Crippen LogP contribution in [0.3, 0.4) is 0 Å². The molecule has 3 unspecified atom stereocenters. The molecule has 49 heavy (non-hydrogen) atoms. The molecule has 2 aliphatic carbocycles. The summed E-state index contributed by atoms with van der Waals surface area (Å²) < 4.78 is 64.2. The van der Waals surface area contributed by atoms with E-state index in [0.717, 1.165) is 64.4 Å². The van der Waals surface area contributed by atoms with Gasteiger partial charge in [0.15, 0.2) is 0 Å². The summed E-state index contributed by atoms with van der Waals surface area (Å²) in [7, 11) is 4.02. The van der Waals surface area contributed by atoms with Crippen LogP contribution in [0.15, 0.2) is 65.6 Å². The summed E-state index contributed by atoms with van der Waals surface area (Å²) in [6, 6.07) is 16.8. The SMILES string of the molecule is Cc1nc2cc(SN(C)c3ccc(C4CC(OCC5CC5)CC(C(=O)Nc5ccc(C(F)(F)F)cc5F)[C@@H]4C)cc3)ccc2n1C.O=CO. The fraction of sp³-hybridized carbons (Fsp3) is 0.417. The Morgan fingerprint density at radius 2 is 1.82 bits per heavy atom. The number of amides is 1. The number of carbonyl (C=O) groups excluding carboxylic acids is 1. The summed E-state index contributed by atoms with van der Waals surface area (Å²) in [6.45, 7) is 4.40. The summed E-state index contributed by atoms with van der Waals surface area (Å²) >= 11 is 1.61. The smallest absolute Gasteiger partial charge is 0.416 e. The van der Waals surface area contributed by atoms with Crippen LogP contribution in [0, 0.1) is 30.5 Å². The van der Waals surface area contributed by atoms with Crippen LogP contribution in [0.4, 0.5) is 28.9 Å². The van der Waals surface area contributed by atoms with Crippen molar-refractivity contribution < 1.29 is 37.0 Å². The molecule has 4 aromatic rings. The van der Waals surface area contributed by atoms with E-state index < -0.39 is 29.4 Å². The fourth-order valence-corrected chi connectivity index (χ4v) is 7.20. The van der Waals surface area contributed by atoms with Crippen molar-refractivity contribution in [3.05, 3.63) is 83.4 Å². The second kappa shape index (κ2) is 15.2. The molecule has 262 valence electrons. The number of carbonyl (C=O) groups is 2. The van der Waals surface area contributed by atoms with Gasteiger partial charge in [-0.25, -0.2) is 9.37 Å². The van der Waals surface area contributed by atoms with E-state index in [-0.39, 0.29) is 30.1 Å². The van der Waals surface area contributed by atoms with Gasteiger partial charge in [-0.05, 0) is 116 Å². The predicted octanol–water partition coefficient (Wildman–Crippen LogP) is 8.45. The molecule has 1 amide bonds.